The summed E-state index contributed by atoms with van der Waals surface area (Å²) in [7, 11) is 0. The predicted octanol–water partition coefficient (Wildman–Crippen LogP) is 3.14. The molecule has 0 heterocycles. The second-order valence-electron chi connectivity index (χ2n) is 4.92. The number of ketones is 2. The van der Waals surface area contributed by atoms with Crippen molar-refractivity contribution in [3.05, 3.63) is 51.7 Å². The lowest BCUT2D eigenvalue weighted by Gasteiger charge is -2.25. The minimum atomic E-state index is -2.03. The molecule has 21 heavy (non-hydrogen) atoms. The van der Waals surface area contributed by atoms with Crippen LogP contribution in [0.3, 0.4) is 0 Å². The molecule has 0 aromatic heterocycles. The Hall–Kier alpha value is -1.62. The topological polar surface area (TPSA) is 66.4 Å². The summed E-state index contributed by atoms with van der Waals surface area (Å²) in [6, 6.07) is 4.88. The average Bonchev–Trinajstić information content (AvgIpc) is 2.39. The first-order valence-corrected chi connectivity index (χ1v) is 6.91. The highest BCUT2D eigenvalue weighted by molar-refractivity contribution is 6.36. The molecule has 1 aliphatic carbocycles. The van der Waals surface area contributed by atoms with E-state index in [2.05, 4.69) is 5.32 Å². The molecule has 2 N–H and O–H groups in total. The molecule has 0 radical (unpaired) electrons. The van der Waals surface area contributed by atoms with Crippen molar-refractivity contribution >= 4 is 40.5 Å². The maximum Gasteiger partial charge on any atom is 0.203 e. The minimum absolute atomic E-state index is 0.227. The van der Waals surface area contributed by atoms with Gasteiger partial charge in [0.15, 0.2) is 11.4 Å². The van der Waals surface area contributed by atoms with Crippen LogP contribution in [0.5, 0.6) is 0 Å². The van der Waals surface area contributed by atoms with E-state index in [1.54, 1.807) is 25.1 Å². The van der Waals surface area contributed by atoms with E-state index in [1.807, 2.05) is 0 Å². The lowest BCUT2D eigenvalue weighted by Crippen LogP contribution is -2.46. The smallest absolute Gasteiger partial charge is 0.203 e. The van der Waals surface area contributed by atoms with E-state index in [9.17, 15) is 14.7 Å². The second kappa shape index (κ2) is 5.64. The third kappa shape index (κ3) is 3.02. The van der Waals surface area contributed by atoms with Crippen LogP contribution in [0.15, 0.2) is 41.6 Å². The largest absolute Gasteiger partial charge is 0.374 e. The number of hydrogen-bond acceptors (Lipinski definition) is 4. The van der Waals surface area contributed by atoms with Crippen LogP contribution in [0, 0.1) is 0 Å². The number of allylic oxidation sites excluding steroid dienone is 1. The summed E-state index contributed by atoms with van der Waals surface area (Å²) in [5.41, 5.74) is -0.762. The molecule has 110 valence electrons. The number of hydrogen-bond donors (Lipinski definition) is 2. The summed E-state index contributed by atoms with van der Waals surface area (Å²) >= 11 is 11.8. The van der Waals surface area contributed by atoms with E-state index < -0.39 is 17.2 Å². The van der Waals surface area contributed by atoms with Gasteiger partial charge in [-0.2, -0.15) is 0 Å². The van der Waals surface area contributed by atoms with Gasteiger partial charge in [0, 0.05) is 16.8 Å². The normalized spacial score (nSPS) is 24.2. The summed E-state index contributed by atoms with van der Waals surface area (Å²) in [6.45, 7) is 2.81. The van der Waals surface area contributed by atoms with Gasteiger partial charge in [0.1, 0.15) is 0 Å². The van der Waals surface area contributed by atoms with Crippen molar-refractivity contribution in [3.63, 3.8) is 0 Å². The fourth-order valence-corrected chi connectivity index (χ4v) is 2.37. The van der Waals surface area contributed by atoms with Gasteiger partial charge < -0.3 is 10.4 Å². The van der Waals surface area contributed by atoms with Gasteiger partial charge in [-0.3, -0.25) is 9.59 Å². The fourth-order valence-electron chi connectivity index (χ4n) is 1.90. The highest BCUT2D eigenvalue weighted by Gasteiger charge is 2.42. The molecule has 0 spiro atoms. The number of anilines is 1. The molecule has 1 aromatic carbocycles. The van der Waals surface area contributed by atoms with Crippen molar-refractivity contribution in [2.45, 2.75) is 19.4 Å². The van der Waals surface area contributed by atoms with E-state index in [-0.39, 0.29) is 5.57 Å². The monoisotopic (exact) mass is 325 g/mol. The molecule has 1 aliphatic rings. The number of carbonyl (C=O) groups is 2. The lowest BCUT2D eigenvalue weighted by molar-refractivity contribution is -0.144. The Bertz CT molecular complexity index is 690. The molecule has 0 unspecified atom stereocenters. The molecule has 0 amide bonds. The standard InChI is InChI=1S/C15H13Cl2NO3/c1-8-5-13(19)15(2,21)14(20)10(8)7-18-12-4-3-9(16)6-11(12)17/h3-7,18,21H,1-2H3/b10-7-/t15-/m1/s1. The molecule has 4 nitrogen and oxygen atoms in total. The highest BCUT2D eigenvalue weighted by atomic mass is 35.5. The van der Waals surface area contributed by atoms with Crippen molar-refractivity contribution in [1.29, 1.82) is 0 Å². The highest BCUT2D eigenvalue weighted by Crippen LogP contribution is 2.28. The zero-order valence-electron chi connectivity index (χ0n) is 11.4. The van der Waals surface area contributed by atoms with Crippen LogP contribution in [-0.2, 0) is 9.59 Å². The summed E-state index contributed by atoms with van der Waals surface area (Å²) in [6.07, 6.45) is 2.67. The van der Waals surface area contributed by atoms with Gasteiger partial charge in [0.2, 0.25) is 5.78 Å². The second-order valence-corrected chi connectivity index (χ2v) is 5.76. The molecule has 6 heteroatoms. The Morgan fingerprint density at radius 1 is 1.29 bits per heavy atom. The van der Waals surface area contributed by atoms with Crippen LogP contribution in [0.25, 0.3) is 0 Å². The van der Waals surface area contributed by atoms with Gasteiger partial charge in [0.05, 0.1) is 10.7 Å². The van der Waals surface area contributed by atoms with Crippen LogP contribution in [-0.4, -0.2) is 22.3 Å². The number of benzene rings is 1. The van der Waals surface area contributed by atoms with E-state index in [0.717, 1.165) is 0 Å². The Labute approximate surface area is 132 Å². The predicted molar refractivity (Wildman–Crippen MR) is 82.6 cm³/mol. The molecular formula is C15H13Cl2NO3. The molecule has 0 saturated heterocycles. The van der Waals surface area contributed by atoms with Crippen LogP contribution in [0.4, 0.5) is 5.69 Å². The third-order valence-corrected chi connectivity index (χ3v) is 3.79. The number of rotatable bonds is 2. The summed E-state index contributed by atoms with van der Waals surface area (Å²) in [5.74, 6) is -1.27. The van der Waals surface area contributed by atoms with E-state index in [1.165, 1.54) is 19.2 Å². The van der Waals surface area contributed by atoms with Gasteiger partial charge in [-0.1, -0.05) is 23.2 Å². The average molecular weight is 326 g/mol. The Kier molecular flexibility index (Phi) is 4.23. The van der Waals surface area contributed by atoms with Gasteiger partial charge in [-0.25, -0.2) is 0 Å². The number of nitrogens with one attached hydrogen (secondary N) is 1. The van der Waals surface area contributed by atoms with Gasteiger partial charge in [0.25, 0.3) is 0 Å². The molecule has 2 rings (SSSR count). The first-order valence-electron chi connectivity index (χ1n) is 6.15. The Morgan fingerprint density at radius 2 is 1.95 bits per heavy atom. The third-order valence-electron chi connectivity index (χ3n) is 3.24. The van der Waals surface area contributed by atoms with Crippen molar-refractivity contribution in [3.8, 4) is 0 Å². The van der Waals surface area contributed by atoms with Gasteiger partial charge >= 0.3 is 0 Å². The van der Waals surface area contributed by atoms with Crippen LogP contribution >= 0.6 is 23.2 Å². The molecule has 0 saturated carbocycles. The Balaban J connectivity index is 2.34. The van der Waals surface area contributed by atoms with Crippen molar-refractivity contribution < 1.29 is 14.7 Å². The zero-order chi connectivity index (χ0) is 15.8. The van der Waals surface area contributed by atoms with E-state index >= 15 is 0 Å². The maximum atomic E-state index is 12.2. The molecular weight excluding hydrogens is 313 g/mol. The number of halogens is 2. The first-order chi connectivity index (χ1) is 9.73. The fraction of sp³-hybridized carbons (Fsp3) is 0.200. The number of Topliss-reactive ketones (excluding diaryl/α,β-unsaturated/α-hetero) is 1. The van der Waals surface area contributed by atoms with Crippen molar-refractivity contribution in [2.75, 3.05) is 5.32 Å². The van der Waals surface area contributed by atoms with Crippen LogP contribution < -0.4 is 5.32 Å². The molecule has 0 fully saturated rings. The summed E-state index contributed by atoms with van der Waals surface area (Å²) in [5, 5.41) is 13.7. The van der Waals surface area contributed by atoms with Crippen molar-refractivity contribution in [2.24, 2.45) is 0 Å². The maximum absolute atomic E-state index is 12.2. The molecule has 1 aromatic rings. The van der Waals surface area contributed by atoms with Gasteiger partial charge in [-0.05, 0) is 43.7 Å². The quantitative estimate of drug-likeness (QED) is 0.647. The SMILES string of the molecule is CC1=CC(=O)[C@@](C)(O)C(=O)/C1=C\Nc1ccc(Cl)cc1Cl. The van der Waals surface area contributed by atoms with Crippen LogP contribution in [0.2, 0.25) is 10.0 Å². The first kappa shape index (κ1) is 15.8. The summed E-state index contributed by atoms with van der Waals surface area (Å²) in [4.78, 5) is 23.8. The molecule has 0 aliphatic heterocycles. The molecule has 0 bridgehead atoms. The lowest BCUT2D eigenvalue weighted by atomic mass is 9.82. The molecule has 1 atom stereocenters. The zero-order valence-corrected chi connectivity index (χ0v) is 12.9. The van der Waals surface area contributed by atoms with E-state index in [4.69, 9.17) is 23.2 Å². The van der Waals surface area contributed by atoms with E-state index in [0.29, 0.717) is 21.3 Å². The Morgan fingerprint density at radius 3 is 2.57 bits per heavy atom. The number of carbonyl (C=O) groups excluding carboxylic acids is 2. The summed E-state index contributed by atoms with van der Waals surface area (Å²) < 4.78 is 0. The van der Waals surface area contributed by atoms with Gasteiger partial charge in [-0.15, -0.1) is 0 Å². The van der Waals surface area contributed by atoms with Crippen LogP contribution in [0.1, 0.15) is 13.8 Å². The van der Waals surface area contributed by atoms with Crippen molar-refractivity contribution in [1.82, 2.24) is 0 Å². The minimum Gasteiger partial charge on any atom is -0.374 e. The number of aliphatic hydroxyl groups is 1.